The molecule has 8 rings (SSSR count). The molecule has 1 unspecified atom stereocenters. The molecule has 0 saturated carbocycles. The van der Waals surface area contributed by atoms with Crippen molar-refractivity contribution in [3.8, 4) is 27.9 Å². The topological polar surface area (TPSA) is 17.0 Å². The van der Waals surface area contributed by atoms with E-state index < -0.39 is 0 Å². The summed E-state index contributed by atoms with van der Waals surface area (Å²) in [6.07, 6.45) is 7.77. The molecule has 1 atom stereocenters. The summed E-state index contributed by atoms with van der Waals surface area (Å²) < 4.78 is 2.38. The van der Waals surface area contributed by atoms with Crippen LogP contribution in [0.2, 0.25) is 0 Å². The highest BCUT2D eigenvalue weighted by Crippen LogP contribution is 2.37. The lowest BCUT2D eigenvalue weighted by atomic mass is 9.90. The van der Waals surface area contributed by atoms with Crippen LogP contribution < -0.4 is 5.32 Å². The van der Waals surface area contributed by atoms with E-state index >= 15 is 0 Å². The van der Waals surface area contributed by atoms with Crippen molar-refractivity contribution in [3.63, 3.8) is 0 Å². The Labute approximate surface area is 264 Å². The first kappa shape index (κ1) is 27.0. The van der Waals surface area contributed by atoms with Gasteiger partial charge in [-0.25, -0.2) is 0 Å². The van der Waals surface area contributed by atoms with Gasteiger partial charge < -0.3 is 9.88 Å². The molecule has 0 aliphatic heterocycles. The van der Waals surface area contributed by atoms with Gasteiger partial charge in [0.1, 0.15) is 0 Å². The third kappa shape index (κ3) is 5.15. The first-order valence-electron chi connectivity index (χ1n) is 15.7. The van der Waals surface area contributed by atoms with Gasteiger partial charge in [-0.1, -0.05) is 122 Å². The number of nitrogens with zero attached hydrogens (tertiary/aromatic N) is 1. The first-order valence-corrected chi connectivity index (χ1v) is 15.7. The van der Waals surface area contributed by atoms with E-state index in [9.17, 15) is 0 Å². The number of benzene rings is 6. The van der Waals surface area contributed by atoms with Crippen LogP contribution in [0, 0.1) is 5.92 Å². The number of rotatable bonds is 6. The van der Waals surface area contributed by atoms with Crippen LogP contribution in [0.15, 0.2) is 164 Å². The molecule has 1 aromatic heterocycles. The Kier molecular flexibility index (Phi) is 6.88. The van der Waals surface area contributed by atoms with Gasteiger partial charge in [0, 0.05) is 33.4 Å². The summed E-state index contributed by atoms with van der Waals surface area (Å²) in [7, 11) is 0. The molecule has 45 heavy (non-hydrogen) atoms. The predicted molar refractivity (Wildman–Crippen MR) is 192 cm³/mol. The molecular formula is C43H34N2. The van der Waals surface area contributed by atoms with Crippen LogP contribution >= 0.6 is 0 Å². The minimum atomic E-state index is 0.559. The van der Waals surface area contributed by atoms with Gasteiger partial charge in [-0.2, -0.15) is 0 Å². The molecule has 216 valence electrons. The third-order valence-corrected chi connectivity index (χ3v) is 8.95. The van der Waals surface area contributed by atoms with Gasteiger partial charge in [0.25, 0.3) is 0 Å². The zero-order valence-electron chi connectivity index (χ0n) is 25.3. The predicted octanol–water partition coefficient (Wildman–Crippen LogP) is 11.8. The van der Waals surface area contributed by atoms with Crippen LogP contribution in [0.4, 0.5) is 11.4 Å². The van der Waals surface area contributed by atoms with E-state index in [2.05, 4.69) is 181 Å². The van der Waals surface area contributed by atoms with E-state index in [1.807, 2.05) is 0 Å². The summed E-state index contributed by atoms with van der Waals surface area (Å²) in [5.41, 5.74) is 13.3. The highest BCUT2D eigenvalue weighted by molar-refractivity contribution is 6.10. The van der Waals surface area contributed by atoms with Crippen LogP contribution in [0.3, 0.4) is 0 Å². The van der Waals surface area contributed by atoms with Gasteiger partial charge in [-0.05, 0) is 88.7 Å². The second-order valence-corrected chi connectivity index (χ2v) is 12.0. The molecule has 1 N–H and O–H groups in total. The summed E-state index contributed by atoms with van der Waals surface area (Å²) in [5, 5.41) is 6.21. The van der Waals surface area contributed by atoms with E-state index in [4.69, 9.17) is 0 Å². The summed E-state index contributed by atoms with van der Waals surface area (Å²) in [5.74, 6) is 0.559. The minimum absolute atomic E-state index is 0.559. The number of hydrogen-bond donors (Lipinski definition) is 1. The van der Waals surface area contributed by atoms with Crippen LogP contribution in [0.25, 0.3) is 55.3 Å². The Hall–Kier alpha value is -5.60. The molecule has 0 spiro atoms. The number of fused-ring (bicyclic) bond motifs is 3. The zero-order chi connectivity index (χ0) is 30.2. The number of nitrogens with one attached hydrogen (secondary N) is 1. The van der Waals surface area contributed by atoms with Crippen molar-refractivity contribution in [3.05, 3.63) is 169 Å². The van der Waals surface area contributed by atoms with E-state index in [0.717, 1.165) is 17.8 Å². The molecule has 1 aliphatic rings. The molecule has 0 bridgehead atoms. The normalized spacial score (nSPS) is 14.5. The van der Waals surface area contributed by atoms with Gasteiger partial charge in [0.2, 0.25) is 0 Å². The Balaban J connectivity index is 1.11. The van der Waals surface area contributed by atoms with Crippen molar-refractivity contribution >= 4 is 38.8 Å². The lowest BCUT2D eigenvalue weighted by Gasteiger charge is -2.19. The summed E-state index contributed by atoms with van der Waals surface area (Å²) in [6.45, 7) is 2.27. The fraction of sp³-hybridized carbons (Fsp3) is 0.0698. The highest BCUT2D eigenvalue weighted by atomic mass is 15.0. The average molecular weight is 579 g/mol. The maximum absolute atomic E-state index is 3.68. The van der Waals surface area contributed by atoms with Crippen molar-refractivity contribution in [1.82, 2.24) is 4.57 Å². The summed E-state index contributed by atoms with van der Waals surface area (Å²) in [6, 6.07) is 52.5. The molecular weight excluding hydrogens is 544 g/mol. The molecule has 0 saturated heterocycles. The van der Waals surface area contributed by atoms with Crippen LogP contribution in [0.1, 0.15) is 18.9 Å². The van der Waals surface area contributed by atoms with Crippen molar-refractivity contribution in [1.29, 1.82) is 0 Å². The summed E-state index contributed by atoms with van der Waals surface area (Å²) in [4.78, 5) is 0. The third-order valence-electron chi connectivity index (χ3n) is 8.95. The molecule has 1 heterocycles. The molecule has 7 aromatic rings. The second kappa shape index (κ2) is 11.5. The van der Waals surface area contributed by atoms with Crippen molar-refractivity contribution in [2.24, 2.45) is 5.92 Å². The SMILES string of the molecule is CC1C=CC=C(c2ccccc2Nc2ccc(-c3ccc4c(c3)c3ccccc3n4-c3ccc(-c4ccccc4)cc3)cc2)C1. The van der Waals surface area contributed by atoms with Gasteiger partial charge >= 0.3 is 0 Å². The standard InChI is InChI=1S/C43H34N2/c1-30-10-9-13-35(28-30)38-14-5-7-16-41(38)44-36-23-18-33(19-24-36)34-22-27-43-40(29-34)39-15-6-8-17-42(39)45(43)37-25-20-32(21-26-37)31-11-3-2-4-12-31/h2-27,29-30,44H,28H2,1H3. The number of aromatic nitrogens is 1. The Bertz CT molecular complexity index is 2200. The van der Waals surface area contributed by atoms with Gasteiger partial charge in [0.05, 0.1) is 11.0 Å². The second-order valence-electron chi connectivity index (χ2n) is 12.0. The Morgan fingerprint density at radius 3 is 2.04 bits per heavy atom. The summed E-state index contributed by atoms with van der Waals surface area (Å²) >= 11 is 0. The van der Waals surface area contributed by atoms with Gasteiger partial charge in [-0.3, -0.25) is 0 Å². The molecule has 0 amide bonds. The van der Waals surface area contributed by atoms with Crippen LogP contribution in [-0.2, 0) is 0 Å². The fourth-order valence-corrected chi connectivity index (χ4v) is 6.68. The maximum Gasteiger partial charge on any atom is 0.0541 e. The minimum Gasteiger partial charge on any atom is -0.355 e. The van der Waals surface area contributed by atoms with Gasteiger partial charge in [-0.15, -0.1) is 0 Å². The smallest absolute Gasteiger partial charge is 0.0541 e. The fourth-order valence-electron chi connectivity index (χ4n) is 6.68. The number of hydrogen-bond acceptors (Lipinski definition) is 1. The molecule has 0 radical (unpaired) electrons. The Morgan fingerprint density at radius 2 is 1.22 bits per heavy atom. The largest absolute Gasteiger partial charge is 0.355 e. The number of para-hydroxylation sites is 2. The molecule has 2 nitrogen and oxygen atoms in total. The Morgan fingerprint density at radius 1 is 0.578 bits per heavy atom. The van der Waals surface area contributed by atoms with Crippen LogP contribution in [0.5, 0.6) is 0 Å². The number of anilines is 2. The zero-order valence-corrected chi connectivity index (χ0v) is 25.3. The van der Waals surface area contributed by atoms with E-state index in [0.29, 0.717) is 5.92 Å². The molecule has 0 fully saturated rings. The van der Waals surface area contributed by atoms with E-state index in [1.54, 1.807) is 0 Å². The molecule has 2 heteroatoms. The monoisotopic (exact) mass is 578 g/mol. The van der Waals surface area contributed by atoms with Crippen LogP contribution in [-0.4, -0.2) is 4.57 Å². The first-order chi connectivity index (χ1) is 22.2. The average Bonchev–Trinajstić information content (AvgIpc) is 3.43. The van der Waals surface area contributed by atoms with Crippen molar-refractivity contribution < 1.29 is 0 Å². The van der Waals surface area contributed by atoms with E-state index in [1.165, 1.54) is 60.9 Å². The lowest BCUT2D eigenvalue weighted by Crippen LogP contribution is -2.00. The van der Waals surface area contributed by atoms with Crippen molar-refractivity contribution in [2.75, 3.05) is 5.32 Å². The molecule has 1 aliphatic carbocycles. The number of allylic oxidation sites excluding steroid dienone is 4. The maximum atomic E-state index is 3.68. The van der Waals surface area contributed by atoms with E-state index in [-0.39, 0.29) is 0 Å². The highest BCUT2D eigenvalue weighted by Gasteiger charge is 2.15. The molecule has 6 aromatic carbocycles. The quantitative estimate of drug-likeness (QED) is 0.208. The van der Waals surface area contributed by atoms with Crippen molar-refractivity contribution in [2.45, 2.75) is 13.3 Å². The van der Waals surface area contributed by atoms with Gasteiger partial charge in [0.15, 0.2) is 0 Å². The lowest BCUT2D eigenvalue weighted by molar-refractivity contribution is 0.749.